The summed E-state index contributed by atoms with van der Waals surface area (Å²) in [5.41, 5.74) is 0.976. The molecule has 5 heteroatoms. The number of nitrogens with one attached hydrogen (secondary N) is 1. The molecule has 22 heavy (non-hydrogen) atoms. The van der Waals surface area contributed by atoms with Crippen LogP contribution in [0.1, 0.15) is 24.8 Å². The summed E-state index contributed by atoms with van der Waals surface area (Å²) in [6.07, 6.45) is 2.82. The molecule has 2 N–H and O–H groups in total. The van der Waals surface area contributed by atoms with E-state index in [2.05, 4.69) is 5.32 Å². The fraction of sp³-hybridized carbons (Fsp3) is 0.529. The zero-order chi connectivity index (χ0) is 15.7. The van der Waals surface area contributed by atoms with E-state index in [0.29, 0.717) is 6.54 Å². The predicted octanol–water partition coefficient (Wildman–Crippen LogP) is 2.06. The summed E-state index contributed by atoms with van der Waals surface area (Å²) in [5, 5.41) is 12.3. The highest BCUT2D eigenvalue weighted by Crippen LogP contribution is 2.52. The van der Waals surface area contributed by atoms with Crippen molar-refractivity contribution in [1.82, 2.24) is 5.32 Å². The number of ether oxygens (including phenoxy) is 1. The number of benzene rings is 1. The maximum absolute atomic E-state index is 12.4. The molecular formula is C17H21NO4. The van der Waals surface area contributed by atoms with Crippen LogP contribution in [0.5, 0.6) is 5.75 Å². The molecule has 3 rings (SSSR count). The molecule has 0 radical (unpaired) electrons. The number of carboxylic acids is 1. The van der Waals surface area contributed by atoms with Crippen LogP contribution < -0.4 is 10.1 Å². The minimum Gasteiger partial charge on any atom is -0.497 e. The van der Waals surface area contributed by atoms with Gasteiger partial charge >= 0.3 is 5.97 Å². The quantitative estimate of drug-likeness (QED) is 0.873. The second kappa shape index (κ2) is 5.99. The van der Waals surface area contributed by atoms with E-state index in [0.717, 1.165) is 30.6 Å². The third kappa shape index (κ3) is 2.67. The van der Waals surface area contributed by atoms with E-state index in [4.69, 9.17) is 4.74 Å². The number of rotatable bonds is 5. The number of fused-ring (bicyclic) bond motifs is 2. The SMILES string of the molecule is COc1ccc(CNC(=O)[C@H]2[C@H]3CC[C@@H](C3)[C@@H]2C(=O)O)cc1. The molecule has 2 saturated carbocycles. The van der Waals surface area contributed by atoms with Crippen LogP contribution in [-0.2, 0) is 16.1 Å². The van der Waals surface area contributed by atoms with Crippen LogP contribution in [0.4, 0.5) is 0 Å². The van der Waals surface area contributed by atoms with Crippen molar-refractivity contribution in [2.45, 2.75) is 25.8 Å². The lowest BCUT2D eigenvalue weighted by atomic mass is 9.78. The zero-order valence-electron chi connectivity index (χ0n) is 12.6. The molecule has 4 atom stereocenters. The minimum atomic E-state index is -0.822. The summed E-state index contributed by atoms with van der Waals surface area (Å²) < 4.78 is 5.10. The van der Waals surface area contributed by atoms with Gasteiger partial charge in [0.2, 0.25) is 5.91 Å². The average Bonchev–Trinajstić information content (AvgIpc) is 3.14. The van der Waals surface area contributed by atoms with Gasteiger partial charge in [0, 0.05) is 6.54 Å². The van der Waals surface area contributed by atoms with Crippen molar-refractivity contribution in [1.29, 1.82) is 0 Å². The summed E-state index contributed by atoms with van der Waals surface area (Å²) in [6, 6.07) is 7.49. The predicted molar refractivity (Wildman–Crippen MR) is 80.3 cm³/mol. The highest BCUT2D eigenvalue weighted by atomic mass is 16.5. The molecule has 0 aliphatic heterocycles. The summed E-state index contributed by atoms with van der Waals surface area (Å²) in [7, 11) is 1.61. The summed E-state index contributed by atoms with van der Waals surface area (Å²) >= 11 is 0. The van der Waals surface area contributed by atoms with Crippen molar-refractivity contribution in [2.24, 2.45) is 23.7 Å². The van der Waals surface area contributed by atoms with Gasteiger partial charge in [0.1, 0.15) is 5.75 Å². The molecule has 0 heterocycles. The molecule has 0 unspecified atom stereocenters. The van der Waals surface area contributed by atoms with Crippen molar-refractivity contribution in [2.75, 3.05) is 7.11 Å². The van der Waals surface area contributed by atoms with Crippen LogP contribution in [0.2, 0.25) is 0 Å². The molecule has 2 aliphatic carbocycles. The van der Waals surface area contributed by atoms with Crippen LogP contribution >= 0.6 is 0 Å². The van der Waals surface area contributed by atoms with Crippen LogP contribution in [0.25, 0.3) is 0 Å². The van der Waals surface area contributed by atoms with E-state index in [1.807, 2.05) is 24.3 Å². The lowest BCUT2D eigenvalue weighted by Crippen LogP contribution is -2.41. The lowest BCUT2D eigenvalue weighted by Gasteiger charge is -2.27. The van der Waals surface area contributed by atoms with Gasteiger partial charge in [-0.2, -0.15) is 0 Å². The molecule has 5 nitrogen and oxygen atoms in total. The first-order chi connectivity index (χ1) is 10.6. The second-order valence-electron chi connectivity index (χ2n) is 6.29. The standard InChI is InChI=1S/C17H21NO4/c1-22-13-6-2-10(3-7-13)9-18-16(19)14-11-4-5-12(8-11)15(14)17(20)21/h2-3,6-7,11-12,14-15H,4-5,8-9H2,1H3,(H,18,19)(H,20,21)/t11-,12-,14-,15-/m0/s1. The zero-order valence-corrected chi connectivity index (χ0v) is 12.6. The van der Waals surface area contributed by atoms with E-state index in [1.54, 1.807) is 7.11 Å². The Bertz CT molecular complexity index is 569. The Balaban J connectivity index is 1.62. The number of carbonyl (C=O) groups excluding carboxylic acids is 1. The second-order valence-corrected chi connectivity index (χ2v) is 6.29. The summed E-state index contributed by atoms with van der Waals surface area (Å²) in [6.45, 7) is 0.420. The largest absolute Gasteiger partial charge is 0.497 e. The fourth-order valence-corrected chi connectivity index (χ4v) is 4.07. The van der Waals surface area contributed by atoms with Crippen LogP contribution in [-0.4, -0.2) is 24.1 Å². The van der Waals surface area contributed by atoms with Gasteiger partial charge in [0.05, 0.1) is 18.9 Å². The van der Waals surface area contributed by atoms with Gasteiger partial charge in [-0.25, -0.2) is 0 Å². The van der Waals surface area contributed by atoms with E-state index in [9.17, 15) is 14.7 Å². The Hall–Kier alpha value is -2.04. The number of carboxylic acid groups (broad SMARTS) is 1. The minimum absolute atomic E-state index is 0.115. The first-order valence-corrected chi connectivity index (χ1v) is 7.73. The van der Waals surface area contributed by atoms with Crippen molar-refractivity contribution >= 4 is 11.9 Å². The van der Waals surface area contributed by atoms with Gasteiger partial charge in [0.15, 0.2) is 0 Å². The smallest absolute Gasteiger partial charge is 0.307 e. The first-order valence-electron chi connectivity index (χ1n) is 7.73. The maximum atomic E-state index is 12.4. The monoisotopic (exact) mass is 303 g/mol. The normalized spacial score (nSPS) is 29.3. The van der Waals surface area contributed by atoms with Gasteiger partial charge in [0.25, 0.3) is 0 Å². The molecule has 1 aromatic rings. The van der Waals surface area contributed by atoms with E-state index >= 15 is 0 Å². The number of amides is 1. The van der Waals surface area contributed by atoms with Crippen molar-refractivity contribution in [3.8, 4) is 5.75 Å². The fourth-order valence-electron chi connectivity index (χ4n) is 4.07. The van der Waals surface area contributed by atoms with Gasteiger partial charge in [-0.05, 0) is 48.8 Å². The van der Waals surface area contributed by atoms with Gasteiger partial charge < -0.3 is 15.2 Å². The number of hydrogen-bond acceptors (Lipinski definition) is 3. The average molecular weight is 303 g/mol. The Labute approximate surface area is 129 Å². The topological polar surface area (TPSA) is 75.6 Å². The number of carbonyl (C=O) groups is 2. The molecule has 2 bridgehead atoms. The molecule has 0 spiro atoms. The number of aliphatic carboxylic acids is 1. The Morgan fingerprint density at radius 1 is 1.18 bits per heavy atom. The lowest BCUT2D eigenvalue weighted by molar-refractivity contribution is -0.149. The molecule has 1 aromatic carbocycles. The molecule has 1 amide bonds. The summed E-state index contributed by atoms with van der Waals surface area (Å²) in [4.78, 5) is 23.9. The molecule has 0 saturated heterocycles. The molecule has 2 fully saturated rings. The Kier molecular flexibility index (Phi) is 4.05. The number of methoxy groups -OCH3 is 1. The first kappa shape index (κ1) is 14.9. The van der Waals surface area contributed by atoms with Gasteiger partial charge in [-0.15, -0.1) is 0 Å². The molecular weight excluding hydrogens is 282 g/mol. The van der Waals surface area contributed by atoms with E-state index < -0.39 is 11.9 Å². The Morgan fingerprint density at radius 2 is 1.82 bits per heavy atom. The van der Waals surface area contributed by atoms with Gasteiger partial charge in [-0.1, -0.05) is 12.1 Å². The molecule has 2 aliphatic rings. The molecule has 118 valence electrons. The molecule has 0 aromatic heterocycles. The van der Waals surface area contributed by atoms with Crippen molar-refractivity contribution in [3.63, 3.8) is 0 Å². The number of hydrogen-bond donors (Lipinski definition) is 2. The summed E-state index contributed by atoms with van der Waals surface area (Å²) in [5.74, 6) is -0.619. The third-order valence-corrected chi connectivity index (χ3v) is 5.13. The van der Waals surface area contributed by atoms with Crippen molar-refractivity contribution in [3.05, 3.63) is 29.8 Å². The highest BCUT2D eigenvalue weighted by Gasteiger charge is 2.53. The highest BCUT2D eigenvalue weighted by molar-refractivity contribution is 5.86. The maximum Gasteiger partial charge on any atom is 0.307 e. The van der Waals surface area contributed by atoms with Crippen molar-refractivity contribution < 1.29 is 19.4 Å². The third-order valence-electron chi connectivity index (χ3n) is 5.13. The van der Waals surface area contributed by atoms with Crippen LogP contribution in [0.3, 0.4) is 0 Å². The van der Waals surface area contributed by atoms with Gasteiger partial charge in [-0.3, -0.25) is 9.59 Å². The van der Waals surface area contributed by atoms with E-state index in [-0.39, 0.29) is 23.7 Å². The van der Waals surface area contributed by atoms with Crippen LogP contribution in [0.15, 0.2) is 24.3 Å². The van der Waals surface area contributed by atoms with E-state index in [1.165, 1.54) is 0 Å². The Morgan fingerprint density at radius 3 is 2.41 bits per heavy atom. The van der Waals surface area contributed by atoms with Crippen LogP contribution in [0, 0.1) is 23.7 Å².